The van der Waals surface area contributed by atoms with Gasteiger partial charge in [-0.1, -0.05) is 12.1 Å². The summed E-state index contributed by atoms with van der Waals surface area (Å²) in [5.74, 6) is -0.657. The number of primary amides is 1. The highest BCUT2D eigenvalue weighted by Gasteiger charge is 2.26. The first-order valence-corrected chi connectivity index (χ1v) is 7.00. The predicted molar refractivity (Wildman–Crippen MR) is 76.8 cm³/mol. The minimum atomic E-state index is -0.748. The molecule has 3 N–H and O–H groups in total. The lowest BCUT2D eigenvalue weighted by Gasteiger charge is -2.23. The Hall–Kier alpha value is -2.08. The molecule has 1 unspecified atom stereocenters. The van der Waals surface area contributed by atoms with E-state index in [0.29, 0.717) is 5.75 Å². The summed E-state index contributed by atoms with van der Waals surface area (Å²) in [7, 11) is 0. The first kappa shape index (κ1) is 15.3. The van der Waals surface area contributed by atoms with E-state index in [0.717, 1.165) is 31.5 Å². The van der Waals surface area contributed by atoms with Crippen molar-refractivity contribution >= 4 is 11.9 Å². The summed E-state index contributed by atoms with van der Waals surface area (Å²) >= 11 is 0. The molecular weight excluding hydrogens is 272 g/mol. The largest absolute Gasteiger partial charge is 0.484 e. The van der Waals surface area contributed by atoms with Crippen molar-refractivity contribution in [3.05, 3.63) is 29.8 Å². The molecule has 1 atom stereocenters. The summed E-state index contributed by atoms with van der Waals surface area (Å²) in [4.78, 5) is 23.7. The van der Waals surface area contributed by atoms with Crippen molar-refractivity contribution in [3.8, 4) is 5.75 Å². The van der Waals surface area contributed by atoms with Crippen molar-refractivity contribution in [3.63, 3.8) is 0 Å². The smallest absolute Gasteiger partial charge is 0.304 e. The number of ether oxygens (including phenoxy) is 1. The van der Waals surface area contributed by atoms with Gasteiger partial charge < -0.3 is 15.6 Å². The zero-order valence-corrected chi connectivity index (χ0v) is 11.8. The van der Waals surface area contributed by atoms with Crippen molar-refractivity contribution in [2.24, 2.45) is 5.73 Å². The number of benzene rings is 1. The number of carbonyl (C=O) groups is 2. The number of rotatable bonds is 7. The number of hydrogen-bond acceptors (Lipinski definition) is 4. The molecule has 1 aliphatic heterocycles. The summed E-state index contributed by atoms with van der Waals surface area (Å²) in [5, 5.41) is 8.92. The van der Waals surface area contributed by atoms with Crippen LogP contribution in [0.3, 0.4) is 0 Å². The standard InChI is InChI=1S/C15H20N2O4/c16-14(18)10-21-13-5-3-11(4-6-13)9-17-7-1-2-12(17)8-15(19)20/h3-6,12H,1-2,7-10H2,(H2,16,18)(H,19,20). The molecule has 0 aliphatic carbocycles. The Morgan fingerprint density at radius 2 is 2.05 bits per heavy atom. The van der Waals surface area contributed by atoms with Gasteiger partial charge in [0.05, 0.1) is 6.42 Å². The zero-order chi connectivity index (χ0) is 15.2. The lowest BCUT2D eigenvalue weighted by atomic mass is 10.1. The molecule has 21 heavy (non-hydrogen) atoms. The van der Waals surface area contributed by atoms with E-state index in [2.05, 4.69) is 4.90 Å². The summed E-state index contributed by atoms with van der Waals surface area (Å²) in [5.41, 5.74) is 6.11. The maximum atomic E-state index is 10.8. The van der Waals surface area contributed by atoms with Gasteiger partial charge in [-0.2, -0.15) is 0 Å². The molecule has 0 spiro atoms. The highest BCUT2D eigenvalue weighted by atomic mass is 16.5. The van der Waals surface area contributed by atoms with Crippen LogP contribution in [0.1, 0.15) is 24.8 Å². The average Bonchev–Trinajstić information content (AvgIpc) is 2.84. The van der Waals surface area contributed by atoms with Crippen molar-refractivity contribution in [1.29, 1.82) is 0 Å². The average molecular weight is 292 g/mol. The van der Waals surface area contributed by atoms with E-state index in [1.165, 1.54) is 0 Å². The maximum Gasteiger partial charge on any atom is 0.304 e. The number of carbonyl (C=O) groups excluding carboxylic acids is 1. The maximum absolute atomic E-state index is 10.8. The Kier molecular flexibility index (Phi) is 5.16. The topological polar surface area (TPSA) is 92.9 Å². The van der Waals surface area contributed by atoms with E-state index in [1.54, 1.807) is 12.1 Å². The summed E-state index contributed by atoms with van der Waals surface area (Å²) in [6, 6.07) is 7.55. The fraction of sp³-hybridized carbons (Fsp3) is 0.467. The summed E-state index contributed by atoms with van der Waals surface area (Å²) < 4.78 is 5.20. The minimum Gasteiger partial charge on any atom is -0.484 e. The van der Waals surface area contributed by atoms with Gasteiger partial charge in [0.15, 0.2) is 6.61 Å². The lowest BCUT2D eigenvalue weighted by Crippen LogP contribution is -2.30. The van der Waals surface area contributed by atoms with Crippen LogP contribution in [0.5, 0.6) is 5.75 Å². The molecule has 6 heteroatoms. The predicted octanol–water partition coefficient (Wildman–Crippen LogP) is 0.990. The van der Waals surface area contributed by atoms with Crippen LogP contribution < -0.4 is 10.5 Å². The fourth-order valence-corrected chi connectivity index (χ4v) is 2.62. The first-order valence-electron chi connectivity index (χ1n) is 7.00. The van der Waals surface area contributed by atoms with Crippen LogP contribution in [-0.2, 0) is 16.1 Å². The van der Waals surface area contributed by atoms with Crippen LogP contribution in [0.25, 0.3) is 0 Å². The lowest BCUT2D eigenvalue weighted by molar-refractivity contribution is -0.138. The van der Waals surface area contributed by atoms with E-state index in [1.807, 2.05) is 12.1 Å². The molecule has 0 aromatic heterocycles. The SMILES string of the molecule is NC(=O)COc1ccc(CN2CCCC2CC(=O)O)cc1. The highest BCUT2D eigenvalue weighted by Crippen LogP contribution is 2.23. The van der Waals surface area contributed by atoms with Gasteiger partial charge in [-0.3, -0.25) is 14.5 Å². The normalized spacial score (nSPS) is 18.6. The second kappa shape index (κ2) is 7.08. The van der Waals surface area contributed by atoms with E-state index in [4.69, 9.17) is 15.6 Å². The highest BCUT2D eigenvalue weighted by molar-refractivity contribution is 5.75. The number of carboxylic acid groups (broad SMARTS) is 1. The van der Waals surface area contributed by atoms with Gasteiger partial charge in [-0.05, 0) is 37.1 Å². The molecule has 6 nitrogen and oxygen atoms in total. The first-order chi connectivity index (χ1) is 10.0. The zero-order valence-electron chi connectivity index (χ0n) is 11.8. The molecule has 2 rings (SSSR count). The molecule has 114 valence electrons. The molecule has 1 saturated heterocycles. The van der Waals surface area contributed by atoms with Gasteiger partial charge in [0.2, 0.25) is 0 Å². The molecular formula is C15H20N2O4. The monoisotopic (exact) mass is 292 g/mol. The van der Waals surface area contributed by atoms with Gasteiger partial charge in [-0.15, -0.1) is 0 Å². The molecule has 1 fully saturated rings. The number of carboxylic acids is 1. The van der Waals surface area contributed by atoms with Gasteiger partial charge in [0, 0.05) is 12.6 Å². The van der Waals surface area contributed by atoms with Gasteiger partial charge in [-0.25, -0.2) is 0 Å². The Bertz CT molecular complexity index is 501. The molecule has 1 aliphatic rings. The Morgan fingerprint density at radius 1 is 1.33 bits per heavy atom. The molecule has 1 heterocycles. The number of hydrogen-bond donors (Lipinski definition) is 2. The van der Waals surface area contributed by atoms with Crippen molar-refractivity contribution in [2.45, 2.75) is 31.8 Å². The third kappa shape index (κ3) is 4.75. The second-order valence-corrected chi connectivity index (χ2v) is 5.26. The second-order valence-electron chi connectivity index (χ2n) is 5.26. The van der Waals surface area contributed by atoms with Gasteiger partial charge >= 0.3 is 5.97 Å². The number of amides is 1. The molecule has 1 aromatic carbocycles. The molecule has 0 radical (unpaired) electrons. The van der Waals surface area contributed by atoms with Crippen LogP contribution in [0.15, 0.2) is 24.3 Å². The van der Waals surface area contributed by atoms with Crippen LogP contribution in [0.2, 0.25) is 0 Å². The van der Waals surface area contributed by atoms with Gasteiger partial charge in [0.25, 0.3) is 5.91 Å². The Labute approximate surface area is 123 Å². The Morgan fingerprint density at radius 3 is 2.67 bits per heavy atom. The minimum absolute atomic E-state index is 0.119. The number of nitrogens with two attached hydrogens (primary N) is 1. The van der Waals surface area contributed by atoms with Crippen molar-refractivity contribution < 1.29 is 19.4 Å². The molecule has 0 bridgehead atoms. The van der Waals surface area contributed by atoms with Crippen LogP contribution in [0.4, 0.5) is 0 Å². The quantitative estimate of drug-likeness (QED) is 0.781. The molecule has 1 amide bonds. The summed E-state index contributed by atoms with van der Waals surface area (Å²) in [6.07, 6.45) is 2.17. The summed E-state index contributed by atoms with van der Waals surface area (Å²) in [6.45, 7) is 1.53. The fourth-order valence-electron chi connectivity index (χ4n) is 2.62. The molecule has 1 aromatic rings. The van der Waals surface area contributed by atoms with Crippen molar-refractivity contribution in [2.75, 3.05) is 13.2 Å². The van der Waals surface area contributed by atoms with Crippen molar-refractivity contribution in [1.82, 2.24) is 4.90 Å². The van der Waals surface area contributed by atoms with E-state index in [9.17, 15) is 9.59 Å². The van der Waals surface area contributed by atoms with Crippen LogP contribution in [0, 0.1) is 0 Å². The number of aliphatic carboxylic acids is 1. The van der Waals surface area contributed by atoms with Crippen LogP contribution in [-0.4, -0.2) is 41.1 Å². The van der Waals surface area contributed by atoms with E-state index in [-0.39, 0.29) is 19.1 Å². The Balaban J connectivity index is 1.90. The third-order valence-corrected chi connectivity index (χ3v) is 3.60. The van der Waals surface area contributed by atoms with E-state index >= 15 is 0 Å². The van der Waals surface area contributed by atoms with E-state index < -0.39 is 11.9 Å². The molecule has 0 saturated carbocycles. The van der Waals surface area contributed by atoms with Gasteiger partial charge in [0.1, 0.15) is 5.75 Å². The number of likely N-dealkylation sites (tertiary alicyclic amines) is 1. The number of nitrogens with zero attached hydrogens (tertiary/aromatic N) is 1. The van der Waals surface area contributed by atoms with Crippen LogP contribution >= 0.6 is 0 Å². The third-order valence-electron chi connectivity index (χ3n) is 3.60.